The van der Waals surface area contributed by atoms with Crippen molar-refractivity contribution in [2.75, 3.05) is 42.3 Å². The minimum Gasteiger partial charge on any atom is -0.431 e. The standard InChI is InChI=1S/C43H44N4O4S4/c1-24(2)11-13-27-17-32(36(16-26(27)4)50-42(54)46(7)8)35-20-30-22-38(49-41(53)45-6)34(19-31(30)23-39(35)51-43(55)47(9)10)33-18-28-14-12-25(3)15-29(28)21-37(33)48-40(52)44-5/h11-23H,1H2,2-10H3,(H,44,52)(H,45,53). The molecule has 5 aromatic carbocycles. The lowest BCUT2D eigenvalue weighted by molar-refractivity contribution is 0.446. The van der Waals surface area contributed by atoms with E-state index in [1.807, 2.05) is 90.6 Å². The van der Waals surface area contributed by atoms with Gasteiger partial charge in [-0.25, -0.2) is 0 Å². The van der Waals surface area contributed by atoms with E-state index in [0.29, 0.717) is 28.2 Å². The predicted octanol–water partition coefficient (Wildman–Crippen LogP) is 9.75. The van der Waals surface area contributed by atoms with Crippen LogP contribution in [0.2, 0.25) is 0 Å². The Kier molecular flexibility index (Phi) is 13.1. The third kappa shape index (κ3) is 9.76. The topological polar surface area (TPSA) is 67.5 Å². The Hall–Kier alpha value is -5.14. The van der Waals surface area contributed by atoms with Crippen LogP contribution in [0.4, 0.5) is 0 Å². The summed E-state index contributed by atoms with van der Waals surface area (Å²) in [6.07, 6.45) is 4.00. The molecular formula is C43H44N4O4S4. The molecule has 0 spiro atoms. The number of hydrogen-bond donors (Lipinski definition) is 2. The molecule has 0 bridgehead atoms. The van der Waals surface area contributed by atoms with Gasteiger partial charge in [-0.15, -0.1) is 0 Å². The Balaban J connectivity index is 1.86. The van der Waals surface area contributed by atoms with E-state index in [0.717, 1.165) is 66.1 Å². The number of nitrogens with zero attached hydrogens (tertiary/aromatic N) is 2. The number of rotatable bonds is 8. The highest BCUT2D eigenvalue weighted by Gasteiger charge is 2.22. The third-order valence-corrected chi connectivity index (χ3v) is 10.0. The van der Waals surface area contributed by atoms with Crippen molar-refractivity contribution in [3.05, 3.63) is 102 Å². The summed E-state index contributed by atoms with van der Waals surface area (Å²) >= 11 is 22.3. The molecule has 0 atom stereocenters. The van der Waals surface area contributed by atoms with Gasteiger partial charge in [-0.2, -0.15) is 0 Å². The summed E-state index contributed by atoms with van der Waals surface area (Å²) in [5, 5.41) is 10.6. The van der Waals surface area contributed by atoms with Crippen LogP contribution in [0.3, 0.4) is 0 Å². The Bertz CT molecular complexity index is 2400. The summed E-state index contributed by atoms with van der Waals surface area (Å²) in [4.78, 5) is 3.48. The molecular weight excluding hydrogens is 765 g/mol. The molecule has 8 nitrogen and oxygen atoms in total. The first-order valence-electron chi connectivity index (χ1n) is 17.3. The molecule has 0 heterocycles. The van der Waals surface area contributed by atoms with Gasteiger partial charge in [0.05, 0.1) is 0 Å². The molecule has 2 N–H and O–H groups in total. The molecule has 0 saturated carbocycles. The molecule has 0 aromatic heterocycles. The number of allylic oxidation sites excluding steroid dienone is 2. The van der Waals surface area contributed by atoms with Crippen molar-refractivity contribution in [3.63, 3.8) is 0 Å². The quantitative estimate of drug-likeness (QED) is 0.116. The fraction of sp³-hybridized carbons (Fsp3) is 0.209. The minimum atomic E-state index is 0.196. The van der Waals surface area contributed by atoms with Crippen LogP contribution in [-0.4, -0.2) is 72.8 Å². The monoisotopic (exact) mass is 808 g/mol. The molecule has 0 amide bonds. The van der Waals surface area contributed by atoms with Gasteiger partial charge in [0.15, 0.2) is 0 Å². The highest BCUT2D eigenvalue weighted by Crippen LogP contribution is 2.46. The first-order chi connectivity index (χ1) is 26.1. The van der Waals surface area contributed by atoms with Crippen LogP contribution in [0.1, 0.15) is 23.6 Å². The average Bonchev–Trinajstić information content (AvgIpc) is 3.13. The Morgan fingerprint density at radius 1 is 0.582 bits per heavy atom. The van der Waals surface area contributed by atoms with Gasteiger partial charge in [0.2, 0.25) is 0 Å². The van der Waals surface area contributed by atoms with E-state index in [2.05, 4.69) is 54.5 Å². The fourth-order valence-corrected chi connectivity index (χ4v) is 6.03. The first kappa shape index (κ1) is 41.0. The number of benzene rings is 5. The van der Waals surface area contributed by atoms with Gasteiger partial charge in [-0.05, 0) is 151 Å². The van der Waals surface area contributed by atoms with E-state index in [9.17, 15) is 0 Å². The summed E-state index contributed by atoms with van der Waals surface area (Å²) in [7, 11) is 10.8. The highest BCUT2D eigenvalue weighted by molar-refractivity contribution is 7.80. The normalized spacial score (nSPS) is 10.9. The second kappa shape index (κ2) is 17.5. The van der Waals surface area contributed by atoms with Crippen LogP contribution in [0, 0.1) is 13.8 Å². The second-order valence-electron chi connectivity index (χ2n) is 13.4. The number of fused-ring (bicyclic) bond motifs is 2. The molecule has 55 heavy (non-hydrogen) atoms. The lowest BCUT2D eigenvalue weighted by atomic mass is 9.92. The molecule has 0 saturated heterocycles. The van der Waals surface area contributed by atoms with Gasteiger partial charge in [0, 0.05) is 64.5 Å². The molecule has 0 aliphatic carbocycles. The number of thiocarbonyl (C=S) groups is 4. The zero-order valence-corrected chi connectivity index (χ0v) is 35.6. The van der Waals surface area contributed by atoms with Gasteiger partial charge in [0.1, 0.15) is 23.0 Å². The minimum absolute atomic E-state index is 0.196. The van der Waals surface area contributed by atoms with E-state index in [1.54, 1.807) is 23.9 Å². The molecule has 0 fully saturated rings. The first-order valence-corrected chi connectivity index (χ1v) is 18.9. The molecule has 0 aliphatic heterocycles. The van der Waals surface area contributed by atoms with Crippen LogP contribution in [0.5, 0.6) is 23.0 Å². The number of ether oxygens (including phenoxy) is 4. The maximum absolute atomic E-state index is 6.48. The number of nitrogens with one attached hydrogen (secondary N) is 2. The van der Waals surface area contributed by atoms with Crippen LogP contribution in [-0.2, 0) is 0 Å². The zero-order chi connectivity index (χ0) is 40.1. The van der Waals surface area contributed by atoms with E-state index in [4.69, 9.17) is 67.8 Å². The lowest BCUT2D eigenvalue weighted by Crippen LogP contribution is -2.26. The van der Waals surface area contributed by atoms with Gasteiger partial charge in [-0.1, -0.05) is 48.1 Å². The van der Waals surface area contributed by atoms with Crippen molar-refractivity contribution in [1.29, 1.82) is 0 Å². The maximum atomic E-state index is 6.48. The van der Waals surface area contributed by atoms with Crippen LogP contribution >= 0.6 is 48.9 Å². The Morgan fingerprint density at radius 2 is 1.00 bits per heavy atom. The average molecular weight is 809 g/mol. The summed E-state index contributed by atoms with van der Waals surface area (Å²) < 4.78 is 25.4. The molecule has 284 valence electrons. The largest absolute Gasteiger partial charge is 0.431 e. The van der Waals surface area contributed by atoms with Gasteiger partial charge >= 0.3 is 0 Å². The third-order valence-electron chi connectivity index (χ3n) is 8.57. The van der Waals surface area contributed by atoms with Gasteiger partial charge in [0.25, 0.3) is 20.7 Å². The smallest absolute Gasteiger partial charge is 0.264 e. The van der Waals surface area contributed by atoms with Crippen molar-refractivity contribution in [2.45, 2.75) is 20.8 Å². The van der Waals surface area contributed by atoms with E-state index in [1.165, 1.54) is 0 Å². The SMILES string of the molecule is C=C(C)C=Cc1cc(-c2cc3cc(OC(=S)NC)c(-c4cc5ccc(C)cc5cc4OC(=S)NC)cc3cc2OC(=S)N(C)C)c(OC(=S)N(C)C)cc1C. The zero-order valence-electron chi connectivity index (χ0n) is 32.4. The molecule has 5 aromatic rings. The van der Waals surface area contributed by atoms with E-state index < -0.39 is 0 Å². The van der Waals surface area contributed by atoms with Crippen LogP contribution in [0.25, 0.3) is 49.9 Å². The highest BCUT2D eigenvalue weighted by atomic mass is 32.1. The van der Waals surface area contributed by atoms with Crippen molar-refractivity contribution < 1.29 is 18.9 Å². The molecule has 0 unspecified atom stereocenters. The Labute approximate surface area is 344 Å². The Morgan fingerprint density at radius 3 is 1.45 bits per heavy atom. The lowest BCUT2D eigenvalue weighted by Gasteiger charge is -2.22. The molecule has 0 aliphatic rings. The second-order valence-corrected chi connectivity index (χ2v) is 14.9. The van der Waals surface area contributed by atoms with Crippen LogP contribution < -0.4 is 29.6 Å². The van der Waals surface area contributed by atoms with E-state index in [-0.39, 0.29) is 15.5 Å². The summed E-state index contributed by atoms with van der Waals surface area (Å²) in [6.45, 7) is 10.1. The van der Waals surface area contributed by atoms with Crippen molar-refractivity contribution in [1.82, 2.24) is 20.4 Å². The maximum Gasteiger partial charge on any atom is 0.264 e. The van der Waals surface area contributed by atoms with Gasteiger partial charge in [-0.3, -0.25) is 0 Å². The molecule has 12 heteroatoms. The van der Waals surface area contributed by atoms with Crippen molar-refractivity contribution in [3.8, 4) is 45.3 Å². The van der Waals surface area contributed by atoms with Gasteiger partial charge < -0.3 is 39.4 Å². The predicted molar refractivity (Wildman–Crippen MR) is 244 cm³/mol. The molecule has 5 rings (SSSR count). The van der Waals surface area contributed by atoms with Crippen molar-refractivity contribution >= 4 is 97.2 Å². The van der Waals surface area contributed by atoms with Crippen LogP contribution in [0.15, 0.2) is 85.0 Å². The summed E-state index contributed by atoms with van der Waals surface area (Å²) in [5.41, 5.74) is 6.95. The summed E-state index contributed by atoms with van der Waals surface area (Å²) in [6, 6.07) is 22.3. The summed E-state index contributed by atoms with van der Waals surface area (Å²) in [5.74, 6) is 2.12. The molecule has 0 radical (unpaired) electrons. The van der Waals surface area contributed by atoms with E-state index >= 15 is 0 Å². The number of hydrogen-bond acceptors (Lipinski definition) is 8. The fourth-order valence-electron chi connectivity index (χ4n) is 5.67. The number of aryl methyl sites for hydroxylation is 2. The van der Waals surface area contributed by atoms with Crippen molar-refractivity contribution in [2.24, 2.45) is 0 Å².